The van der Waals surface area contributed by atoms with E-state index >= 15 is 0 Å². The lowest BCUT2D eigenvalue weighted by Crippen LogP contribution is -2.24. The van der Waals surface area contributed by atoms with Crippen LogP contribution in [-0.2, 0) is 6.42 Å². The smallest absolute Gasteiger partial charge is 0.270 e. The first-order valence-corrected chi connectivity index (χ1v) is 13.9. The molecule has 1 aliphatic heterocycles. The second-order valence-corrected chi connectivity index (χ2v) is 11.3. The predicted octanol–water partition coefficient (Wildman–Crippen LogP) is 8.75. The Hall–Kier alpha value is -5.28. The standard InChI is InChI=1S/C27H20N2O3.C9H8O/c1-27(2)12-4-7-21-22-11-10-20-17(15-28)8-9-19(16-5-3-6-18(13-16)29(31)32)25(20)26(22)24(30)14-23(21)27;1-2-6-9-8(4-1)5-3-7-10-9/h3-11,13H,12,14H2,1-2H3;1-4,6-7H,5H2. The number of benzene rings is 4. The van der Waals surface area contributed by atoms with E-state index in [0.717, 1.165) is 40.9 Å². The van der Waals surface area contributed by atoms with Gasteiger partial charge in [0.1, 0.15) is 5.75 Å². The lowest BCUT2D eigenvalue weighted by Gasteiger charge is -2.35. The van der Waals surface area contributed by atoms with Crippen LogP contribution < -0.4 is 4.74 Å². The largest absolute Gasteiger partial charge is 0.465 e. The van der Waals surface area contributed by atoms with Gasteiger partial charge in [-0.1, -0.05) is 74.5 Å². The van der Waals surface area contributed by atoms with Gasteiger partial charge in [0, 0.05) is 34.9 Å². The number of ketones is 1. The number of hydrogen-bond acceptors (Lipinski definition) is 5. The number of rotatable bonds is 2. The van der Waals surface area contributed by atoms with Gasteiger partial charge in [-0.15, -0.1) is 0 Å². The number of carbonyl (C=O) groups is 1. The van der Waals surface area contributed by atoms with Gasteiger partial charge in [-0.3, -0.25) is 14.9 Å². The molecule has 0 bridgehead atoms. The lowest BCUT2D eigenvalue weighted by atomic mass is 9.68. The van der Waals surface area contributed by atoms with Crippen molar-refractivity contribution >= 4 is 27.8 Å². The first kappa shape index (κ1) is 26.9. The molecule has 7 rings (SSSR count). The number of non-ortho nitro benzene ring substituents is 1. The van der Waals surface area contributed by atoms with Gasteiger partial charge in [-0.25, -0.2) is 0 Å². The molecule has 6 heteroatoms. The molecule has 0 aromatic heterocycles. The third-order valence-electron chi connectivity index (χ3n) is 8.23. The van der Waals surface area contributed by atoms with Crippen molar-refractivity contribution in [1.82, 2.24) is 0 Å². The summed E-state index contributed by atoms with van der Waals surface area (Å²) in [5, 5.41) is 22.4. The van der Waals surface area contributed by atoms with Crippen molar-refractivity contribution in [3.05, 3.63) is 135 Å². The maximum Gasteiger partial charge on any atom is 0.270 e. The normalized spacial score (nSPS) is 15.9. The number of nitrogens with zero attached hydrogens (tertiary/aromatic N) is 2. The summed E-state index contributed by atoms with van der Waals surface area (Å²) in [4.78, 5) is 24.5. The topological polar surface area (TPSA) is 93.2 Å². The second-order valence-electron chi connectivity index (χ2n) is 11.3. The van der Waals surface area contributed by atoms with Crippen molar-refractivity contribution in [2.75, 3.05) is 0 Å². The van der Waals surface area contributed by atoms with Crippen LogP contribution in [0.4, 0.5) is 5.69 Å². The molecule has 0 atom stereocenters. The summed E-state index contributed by atoms with van der Waals surface area (Å²) < 4.78 is 5.24. The highest BCUT2D eigenvalue weighted by Gasteiger charge is 2.35. The van der Waals surface area contributed by atoms with Crippen molar-refractivity contribution in [3.8, 4) is 22.9 Å². The molecule has 4 aromatic carbocycles. The van der Waals surface area contributed by atoms with E-state index in [-0.39, 0.29) is 16.9 Å². The molecule has 0 amide bonds. The fourth-order valence-corrected chi connectivity index (χ4v) is 6.07. The number of allylic oxidation sites excluding steroid dienone is 5. The minimum absolute atomic E-state index is 0.0157. The van der Waals surface area contributed by atoms with Crippen LogP contribution in [0.2, 0.25) is 0 Å². The molecule has 1 heterocycles. The monoisotopic (exact) mass is 552 g/mol. The molecule has 3 aliphatic rings. The van der Waals surface area contributed by atoms with Gasteiger partial charge < -0.3 is 4.74 Å². The lowest BCUT2D eigenvalue weighted by molar-refractivity contribution is -0.384. The number of ether oxygens (including phenoxy) is 1. The van der Waals surface area contributed by atoms with Crippen LogP contribution in [0, 0.1) is 26.9 Å². The van der Waals surface area contributed by atoms with Crippen LogP contribution in [0.1, 0.15) is 53.7 Å². The Kier molecular flexibility index (Phi) is 6.80. The molecular weight excluding hydrogens is 524 g/mol. The van der Waals surface area contributed by atoms with E-state index < -0.39 is 4.92 Å². The van der Waals surface area contributed by atoms with Gasteiger partial charge >= 0.3 is 0 Å². The van der Waals surface area contributed by atoms with E-state index in [1.807, 2.05) is 36.4 Å². The molecule has 2 aliphatic carbocycles. The van der Waals surface area contributed by atoms with E-state index in [0.29, 0.717) is 33.9 Å². The van der Waals surface area contributed by atoms with Crippen LogP contribution >= 0.6 is 0 Å². The molecular formula is C36H28N2O4. The Labute approximate surface area is 244 Å². The second kappa shape index (κ2) is 10.6. The number of Topliss-reactive ketones (excluding diaryl/α,β-unsaturated/α-hetero) is 1. The average Bonchev–Trinajstić information content (AvgIpc) is 3.01. The van der Waals surface area contributed by atoms with Gasteiger partial charge in [0.05, 0.1) is 22.8 Å². The predicted molar refractivity (Wildman–Crippen MR) is 164 cm³/mol. The summed E-state index contributed by atoms with van der Waals surface area (Å²) in [5.74, 6) is 1.01. The summed E-state index contributed by atoms with van der Waals surface area (Å²) in [5.41, 5.74) is 6.69. The fourth-order valence-electron chi connectivity index (χ4n) is 6.07. The highest BCUT2D eigenvalue weighted by atomic mass is 16.6. The molecule has 0 unspecified atom stereocenters. The van der Waals surface area contributed by atoms with Crippen LogP contribution in [0.25, 0.3) is 27.5 Å². The van der Waals surface area contributed by atoms with Gasteiger partial charge in [-0.05, 0) is 69.9 Å². The van der Waals surface area contributed by atoms with E-state index in [1.165, 1.54) is 17.7 Å². The molecule has 0 radical (unpaired) electrons. The molecule has 4 aromatic rings. The Morgan fingerprint density at radius 1 is 0.976 bits per heavy atom. The zero-order valence-electron chi connectivity index (χ0n) is 23.4. The molecule has 0 saturated heterocycles. The Bertz CT molecular complexity index is 1890. The molecule has 206 valence electrons. The summed E-state index contributed by atoms with van der Waals surface area (Å²) in [6, 6.07) is 24.0. The van der Waals surface area contributed by atoms with Crippen LogP contribution in [0.5, 0.6) is 5.75 Å². The zero-order valence-corrected chi connectivity index (χ0v) is 23.4. The number of nitro benzene ring substituents is 1. The van der Waals surface area contributed by atoms with E-state index in [9.17, 15) is 20.2 Å². The van der Waals surface area contributed by atoms with Gasteiger partial charge in [0.15, 0.2) is 5.78 Å². The SMILES string of the molecule is C1=COc2ccccc2C1.CC1(C)CC=CC2=C1CC(=O)c1c2ccc2c(C#N)ccc(-c3cccc([N+](=O)[O-])c3)c12. The summed E-state index contributed by atoms with van der Waals surface area (Å²) in [6.45, 7) is 4.32. The highest BCUT2D eigenvalue weighted by molar-refractivity contribution is 6.20. The zero-order chi connectivity index (χ0) is 29.4. The van der Waals surface area contributed by atoms with Crippen molar-refractivity contribution < 1.29 is 14.5 Å². The molecule has 6 nitrogen and oxygen atoms in total. The Morgan fingerprint density at radius 2 is 1.79 bits per heavy atom. The molecule has 0 fully saturated rings. The number of nitriles is 1. The van der Waals surface area contributed by atoms with E-state index in [4.69, 9.17) is 4.74 Å². The van der Waals surface area contributed by atoms with Crippen molar-refractivity contribution in [1.29, 1.82) is 5.26 Å². The van der Waals surface area contributed by atoms with E-state index in [2.05, 4.69) is 38.1 Å². The molecule has 0 spiro atoms. The maximum atomic E-state index is 13.6. The fraction of sp³-hybridized carbons (Fsp3) is 0.167. The Balaban J connectivity index is 0.000000265. The van der Waals surface area contributed by atoms with Gasteiger partial charge in [-0.2, -0.15) is 5.26 Å². The number of nitro groups is 1. The van der Waals surface area contributed by atoms with Gasteiger partial charge in [0.25, 0.3) is 5.69 Å². The van der Waals surface area contributed by atoms with Crippen molar-refractivity contribution in [2.24, 2.45) is 5.41 Å². The molecule has 0 saturated carbocycles. The van der Waals surface area contributed by atoms with Crippen LogP contribution in [0.15, 0.2) is 103 Å². The van der Waals surface area contributed by atoms with E-state index in [1.54, 1.807) is 30.5 Å². The summed E-state index contributed by atoms with van der Waals surface area (Å²) >= 11 is 0. The minimum Gasteiger partial charge on any atom is -0.465 e. The highest BCUT2D eigenvalue weighted by Crippen LogP contribution is 2.48. The van der Waals surface area contributed by atoms with Crippen molar-refractivity contribution in [3.63, 3.8) is 0 Å². The quantitative estimate of drug-likeness (QED) is 0.183. The Morgan fingerprint density at radius 3 is 2.57 bits per heavy atom. The summed E-state index contributed by atoms with van der Waals surface area (Å²) in [6.07, 6.45) is 10.2. The summed E-state index contributed by atoms with van der Waals surface area (Å²) in [7, 11) is 0. The van der Waals surface area contributed by atoms with Crippen LogP contribution in [0.3, 0.4) is 0 Å². The minimum atomic E-state index is -0.429. The van der Waals surface area contributed by atoms with Crippen molar-refractivity contribution in [2.45, 2.75) is 33.1 Å². The van der Waals surface area contributed by atoms with Gasteiger partial charge in [0.2, 0.25) is 0 Å². The number of carbonyl (C=O) groups excluding carboxylic acids is 1. The third kappa shape index (κ3) is 4.69. The number of fused-ring (bicyclic) bond motifs is 5. The molecule has 0 N–H and O–H groups in total. The van der Waals surface area contributed by atoms with Crippen LogP contribution in [-0.4, -0.2) is 10.7 Å². The first-order chi connectivity index (χ1) is 20.3. The maximum absolute atomic E-state index is 13.6. The number of hydrogen-bond donors (Lipinski definition) is 0. The average molecular weight is 553 g/mol. The number of para-hydroxylation sites is 1. The first-order valence-electron chi connectivity index (χ1n) is 13.9. The molecule has 42 heavy (non-hydrogen) atoms. The third-order valence-corrected chi connectivity index (χ3v) is 8.23.